The van der Waals surface area contributed by atoms with Crippen molar-refractivity contribution in [2.75, 3.05) is 6.61 Å². The van der Waals surface area contributed by atoms with Gasteiger partial charge in [0.05, 0.1) is 6.61 Å². The Bertz CT molecular complexity index is 224. The van der Waals surface area contributed by atoms with Crippen molar-refractivity contribution in [2.45, 2.75) is 18.8 Å². The standard InChI is InChI=1S/C11H13O/c1-2-4-10(5-3-1)11-6-8-12-9-7-11/h1-5,8,11H,6-7,9H2. The fourth-order valence-corrected chi connectivity index (χ4v) is 1.62. The molecular formula is C11H13O. The van der Waals surface area contributed by atoms with E-state index >= 15 is 0 Å². The van der Waals surface area contributed by atoms with Gasteiger partial charge >= 0.3 is 0 Å². The van der Waals surface area contributed by atoms with E-state index < -0.39 is 0 Å². The predicted molar refractivity (Wildman–Crippen MR) is 48.7 cm³/mol. The summed E-state index contributed by atoms with van der Waals surface area (Å²) in [6, 6.07) is 10.7. The molecule has 0 N–H and O–H groups in total. The largest absolute Gasteiger partial charge is 0.375 e. The van der Waals surface area contributed by atoms with Crippen LogP contribution in [0.25, 0.3) is 0 Å². The van der Waals surface area contributed by atoms with Crippen LogP contribution in [0.5, 0.6) is 0 Å². The zero-order chi connectivity index (χ0) is 8.23. The number of benzene rings is 1. The molecule has 1 heteroatoms. The molecule has 1 fully saturated rings. The minimum absolute atomic E-state index is 0.681. The Balaban J connectivity index is 2.08. The van der Waals surface area contributed by atoms with Crippen LogP contribution < -0.4 is 0 Å². The van der Waals surface area contributed by atoms with Crippen molar-refractivity contribution in [3.63, 3.8) is 0 Å². The summed E-state index contributed by atoms with van der Waals surface area (Å²) in [6.07, 6.45) is 2.21. The summed E-state index contributed by atoms with van der Waals surface area (Å²) in [4.78, 5) is 0. The van der Waals surface area contributed by atoms with Crippen molar-refractivity contribution in [3.8, 4) is 0 Å². The van der Waals surface area contributed by atoms with Crippen LogP contribution in [0.15, 0.2) is 30.3 Å². The van der Waals surface area contributed by atoms with Crippen molar-refractivity contribution in [2.24, 2.45) is 0 Å². The summed E-state index contributed by atoms with van der Waals surface area (Å²) in [5, 5.41) is 0. The maximum absolute atomic E-state index is 5.20. The van der Waals surface area contributed by atoms with Gasteiger partial charge in [-0.2, -0.15) is 0 Å². The number of ether oxygens (including phenoxy) is 1. The average Bonchev–Trinajstić information content (AvgIpc) is 2.21. The van der Waals surface area contributed by atoms with Gasteiger partial charge in [-0.15, -0.1) is 0 Å². The maximum atomic E-state index is 5.20. The molecule has 1 aromatic carbocycles. The molecule has 0 aromatic heterocycles. The topological polar surface area (TPSA) is 9.23 Å². The highest BCUT2D eigenvalue weighted by Gasteiger charge is 2.15. The Morgan fingerprint density at radius 2 is 2.00 bits per heavy atom. The van der Waals surface area contributed by atoms with Gasteiger partial charge in [0, 0.05) is 6.61 Å². The highest BCUT2D eigenvalue weighted by Crippen LogP contribution is 2.27. The molecule has 1 aromatic rings. The van der Waals surface area contributed by atoms with Gasteiger partial charge in [-0.1, -0.05) is 30.3 Å². The van der Waals surface area contributed by atoms with Crippen LogP contribution in [-0.2, 0) is 4.74 Å². The number of rotatable bonds is 1. The fraction of sp³-hybridized carbons (Fsp3) is 0.364. The van der Waals surface area contributed by atoms with Gasteiger partial charge in [0.15, 0.2) is 0 Å². The molecule has 2 rings (SSSR count). The number of hydrogen-bond acceptors (Lipinski definition) is 1. The zero-order valence-electron chi connectivity index (χ0n) is 7.07. The molecule has 1 nitrogen and oxygen atoms in total. The smallest absolute Gasteiger partial charge is 0.0842 e. The first-order valence-electron chi connectivity index (χ1n) is 4.45. The van der Waals surface area contributed by atoms with Crippen LogP contribution in [-0.4, -0.2) is 6.61 Å². The lowest BCUT2D eigenvalue weighted by atomic mass is 9.92. The predicted octanol–water partition coefficient (Wildman–Crippen LogP) is 2.74. The van der Waals surface area contributed by atoms with E-state index in [4.69, 9.17) is 4.74 Å². The van der Waals surface area contributed by atoms with Gasteiger partial charge in [0.2, 0.25) is 0 Å². The van der Waals surface area contributed by atoms with E-state index in [0.29, 0.717) is 5.92 Å². The molecule has 0 amide bonds. The van der Waals surface area contributed by atoms with Crippen LogP contribution >= 0.6 is 0 Å². The second kappa shape index (κ2) is 3.72. The van der Waals surface area contributed by atoms with Gasteiger partial charge < -0.3 is 4.74 Å². The molecule has 1 aliphatic rings. The Morgan fingerprint density at radius 3 is 2.67 bits per heavy atom. The third-order valence-corrected chi connectivity index (χ3v) is 2.35. The summed E-state index contributed by atoms with van der Waals surface area (Å²) >= 11 is 0. The quantitative estimate of drug-likeness (QED) is 0.615. The van der Waals surface area contributed by atoms with Crippen molar-refractivity contribution in [1.82, 2.24) is 0 Å². The van der Waals surface area contributed by atoms with Crippen molar-refractivity contribution >= 4 is 0 Å². The molecule has 1 radical (unpaired) electrons. The summed E-state index contributed by atoms with van der Waals surface area (Å²) < 4.78 is 5.20. The third-order valence-electron chi connectivity index (χ3n) is 2.35. The molecule has 1 heterocycles. The molecule has 63 valence electrons. The van der Waals surface area contributed by atoms with E-state index in [1.807, 2.05) is 6.61 Å². The van der Waals surface area contributed by atoms with Crippen LogP contribution in [0.2, 0.25) is 0 Å². The Morgan fingerprint density at radius 1 is 1.17 bits per heavy atom. The highest BCUT2D eigenvalue weighted by molar-refractivity contribution is 5.20. The molecule has 0 spiro atoms. The van der Waals surface area contributed by atoms with Gasteiger partial charge in [0.25, 0.3) is 0 Å². The average molecular weight is 161 g/mol. The SMILES string of the molecule is [CH]1CC(c2ccccc2)CCO1. The van der Waals surface area contributed by atoms with Gasteiger partial charge in [-0.3, -0.25) is 0 Å². The van der Waals surface area contributed by atoms with Crippen molar-refractivity contribution < 1.29 is 4.74 Å². The number of hydrogen-bond donors (Lipinski definition) is 0. The second-order valence-electron chi connectivity index (χ2n) is 3.17. The summed E-state index contributed by atoms with van der Waals surface area (Å²) in [6.45, 7) is 2.81. The van der Waals surface area contributed by atoms with E-state index in [0.717, 1.165) is 19.4 Å². The summed E-state index contributed by atoms with van der Waals surface area (Å²) in [7, 11) is 0. The normalized spacial score (nSPS) is 19.3. The van der Waals surface area contributed by atoms with Crippen LogP contribution in [0.1, 0.15) is 24.3 Å². The second-order valence-corrected chi connectivity index (χ2v) is 3.17. The van der Waals surface area contributed by atoms with E-state index in [1.54, 1.807) is 0 Å². The summed E-state index contributed by atoms with van der Waals surface area (Å²) in [5.74, 6) is 0.681. The van der Waals surface area contributed by atoms with Gasteiger partial charge in [-0.25, -0.2) is 0 Å². The van der Waals surface area contributed by atoms with Gasteiger partial charge in [0.1, 0.15) is 0 Å². The molecule has 1 saturated heterocycles. The first kappa shape index (κ1) is 7.81. The molecule has 1 atom stereocenters. The lowest BCUT2D eigenvalue weighted by Crippen LogP contribution is -2.10. The molecule has 12 heavy (non-hydrogen) atoms. The van der Waals surface area contributed by atoms with Crippen molar-refractivity contribution in [3.05, 3.63) is 42.5 Å². The Kier molecular flexibility index (Phi) is 2.42. The van der Waals surface area contributed by atoms with Crippen LogP contribution in [0.4, 0.5) is 0 Å². The van der Waals surface area contributed by atoms with E-state index in [1.165, 1.54) is 5.56 Å². The monoisotopic (exact) mass is 161 g/mol. The third kappa shape index (κ3) is 1.67. The fourth-order valence-electron chi connectivity index (χ4n) is 1.62. The Hall–Kier alpha value is -0.820. The Labute approximate surface area is 73.4 Å². The molecule has 0 bridgehead atoms. The summed E-state index contributed by atoms with van der Waals surface area (Å²) in [5.41, 5.74) is 1.44. The lowest BCUT2D eigenvalue weighted by Gasteiger charge is -2.21. The molecule has 0 aliphatic carbocycles. The van der Waals surface area contributed by atoms with Crippen molar-refractivity contribution in [1.29, 1.82) is 0 Å². The van der Waals surface area contributed by atoms with Gasteiger partial charge in [-0.05, 0) is 24.3 Å². The molecule has 1 unspecified atom stereocenters. The van der Waals surface area contributed by atoms with E-state index in [-0.39, 0.29) is 0 Å². The lowest BCUT2D eigenvalue weighted by molar-refractivity contribution is 0.143. The first-order chi connectivity index (χ1) is 5.97. The van der Waals surface area contributed by atoms with E-state index in [2.05, 4.69) is 30.3 Å². The first-order valence-corrected chi connectivity index (χ1v) is 4.45. The molecular weight excluding hydrogens is 148 g/mol. The van der Waals surface area contributed by atoms with Crippen LogP contribution in [0.3, 0.4) is 0 Å². The molecule has 1 aliphatic heterocycles. The van der Waals surface area contributed by atoms with E-state index in [9.17, 15) is 0 Å². The maximum Gasteiger partial charge on any atom is 0.0842 e. The minimum atomic E-state index is 0.681. The minimum Gasteiger partial charge on any atom is -0.375 e. The van der Waals surface area contributed by atoms with Crippen LogP contribution in [0, 0.1) is 6.61 Å². The highest BCUT2D eigenvalue weighted by atomic mass is 16.5. The zero-order valence-corrected chi connectivity index (χ0v) is 7.07. The molecule has 0 saturated carbocycles.